The largest absolute Gasteiger partial charge is 0.492 e. The molecule has 0 heterocycles. The van der Waals surface area contributed by atoms with Gasteiger partial charge in [-0.25, -0.2) is 4.79 Å². The van der Waals surface area contributed by atoms with Gasteiger partial charge < -0.3 is 24.8 Å². The van der Waals surface area contributed by atoms with E-state index in [0.29, 0.717) is 17.9 Å². The van der Waals surface area contributed by atoms with Gasteiger partial charge in [-0.2, -0.15) is 13.2 Å². The highest BCUT2D eigenvalue weighted by Crippen LogP contribution is 2.15. The minimum absolute atomic E-state index is 0.0401. The van der Waals surface area contributed by atoms with Crippen molar-refractivity contribution < 1.29 is 37.3 Å². The van der Waals surface area contributed by atoms with E-state index in [0.717, 1.165) is 5.56 Å². The number of ether oxygens (including phenoxy) is 2. The van der Waals surface area contributed by atoms with E-state index < -0.39 is 24.8 Å². The maximum atomic E-state index is 12.6. The van der Waals surface area contributed by atoms with Crippen molar-refractivity contribution in [1.82, 2.24) is 4.90 Å². The lowest BCUT2D eigenvalue weighted by Crippen LogP contribution is -2.39. The summed E-state index contributed by atoms with van der Waals surface area (Å²) in [6.45, 7) is -0.894. The number of para-hydroxylation sites is 1. The van der Waals surface area contributed by atoms with E-state index in [1.54, 1.807) is 48.5 Å². The van der Waals surface area contributed by atoms with Gasteiger partial charge in [0.1, 0.15) is 19.0 Å². The lowest BCUT2D eigenvalue weighted by molar-refractivity contribution is -0.174. The van der Waals surface area contributed by atoms with E-state index in [1.165, 1.54) is 4.90 Å². The monoisotopic (exact) mass is 468 g/mol. The van der Waals surface area contributed by atoms with Crippen LogP contribution in [-0.2, 0) is 16.0 Å². The Bertz CT molecular complexity index is 861. The number of hydrogen-bond donors (Lipinski definition) is 2. The van der Waals surface area contributed by atoms with Gasteiger partial charge in [-0.3, -0.25) is 4.79 Å². The quantitative estimate of drug-likeness (QED) is 0.420. The van der Waals surface area contributed by atoms with Crippen LogP contribution in [0.3, 0.4) is 0 Å². The number of urea groups is 1. The first kappa shape index (κ1) is 26.0. The number of rotatable bonds is 13. The molecule has 2 amide bonds. The average molecular weight is 468 g/mol. The van der Waals surface area contributed by atoms with Crippen molar-refractivity contribution in [2.45, 2.75) is 25.4 Å². The minimum atomic E-state index is -4.39. The Labute approximate surface area is 190 Å². The van der Waals surface area contributed by atoms with Gasteiger partial charge in [0, 0.05) is 25.3 Å². The van der Waals surface area contributed by atoms with Gasteiger partial charge in [0.15, 0.2) is 0 Å². The zero-order valence-electron chi connectivity index (χ0n) is 18.0. The zero-order valence-corrected chi connectivity index (χ0v) is 18.0. The van der Waals surface area contributed by atoms with Gasteiger partial charge in [-0.05, 0) is 42.7 Å². The molecule has 180 valence electrons. The highest BCUT2D eigenvalue weighted by molar-refractivity contribution is 5.89. The van der Waals surface area contributed by atoms with E-state index in [-0.39, 0.29) is 39.1 Å². The number of nitrogens with zero attached hydrogens (tertiary/aromatic N) is 1. The molecular formula is C23H27F3N2O5. The van der Waals surface area contributed by atoms with Gasteiger partial charge in [0.05, 0.1) is 6.54 Å². The number of nitrogens with one attached hydrogen (secondary N) is 1. The number of aliphatic carboxylic acids is 1. The molecule has 0 unspecified atom stereocenters. The molecule has 0 saturated heterocycles. The van der Waals surface area contributed by atoms with E-state index in [4.69, 9.17) is 9.84 Å². The van der Waals surface area contributed by atoms with Gasteiger partial charge in [0.2, 0.25) is 0 Å². The molecule has 0 atom stereocenters. The topological polar surface area (TPSA) is 88.1 Å². The van der Waals surface area contributed by atoms with Crippen LogP contribution in [0.4, 0.5) is 23.7 Å². The highest BCUT2D eigenvalue weighted by Gasteiger charge is 2.27. The Morgan fingerprint density at radius 1 is 0.970 bits per heavy atom. The second-order valence-electron chi connectivity index (χ2n) is 7.19. The summed E-state index contributed by atoms with van der Waals surface area (Å²) in [5.41, 5.74) is 1.46. The van der Waals surface area contributed by atoms with Crippen LogP contribution in [0.1, 0.15) is 18.4 Å². The van der Waals surface area contributed by atoms with Gasteiger partial charge in [-0.1, -0.05) is 30.3 Å². The van der Waals surface area contributed by atoms with Crippen LogP contribution in [0.2, 0.25) is 0 Å². The lowest BCUT2D eigenvalue weighted by Gasteiger charge is -2.23. The molecule has 0 aliphatic carbocycles. The van der Waals surface area contributed by atoms with Gasteiger partial charge in [0.25, 0.3) is 0 Å². The number of carboxylic acid groups (broad SMARTS) is 1. The maximum absolute atomic E-state index is 12.6. The molecule has 2 N–H and O–H groups in total. The van der Waals surface area contributed by atoms with E-state index >= 15 is 0 Å². The molecule has 0 radical (unpaired) electrons. The molecule has 0 aliphatic rings. The third kappa shape index (κ3) is 11.2. The zero-order chi connectivity index (χ0) is 24.1. The summed E-state index contributed by atoms with van der Waals surface area (Å²) in [6.07, 6.45) is -3.70. The van der Waals surface area contributed by atoms with Crippen molar-refractivity contribution in [2.75, 3.05) is 38.2 Å². The standard InChI is InChI=1S/C23H27F3N2O5/c24-23(25,26)17-32-15-4-13-28(22(31)27-19-5-2-1-3-6-19)14-16-33-20-10-7-18(8-11-20)9-12-21(29)30/h1-3,5-8,10-11H,4,9,12-17H2,(H,27,31)(H,29,30). The predicted octanol–water partition coefficient (Wildman–Crippen LogP) is 4.59. The van der Waals surface area contributed by atoms with Crippen LogP contribution >= 0.6 is 0 Å². The number of carbonyl (C=O) groups is 2. The Balaban J connectivity index is 1.85. The van der Waals surface area contributed by atoms with Gasteiger partial charge in [-0.15, -0.1) is 0 Å². The Morgan fingerprint density at radius 3 is 2.30 bits per heavy atom. The number of carbonyl (C=O) groups excluding carboxylic acids is 1. The third-order valence-electron chi connectivity index (χ3n) is 4.48. The summed E-state index contributed by atoms with van der Waals surface area (Å²) in [7, 11) is 0. The fourth-order valence-corrected chi connectivity index (χ4v) is 2.86. The van der Waals surface area contributed by atoms with Crippen molar-refractivity contribution >= 4 is 17.7 Å². The number of hydrogen-bond acceptors (Lipinski definition) is 4. The number of amides is 2. The fraction of sp³-hybridized carbons (Fsp3) is 0.391. The molecule has 0 bridgehead atoms. The number of benzene rings is 2. The predicted molar refractivity (Wildman–Crippen MR) is 116 cm³/mol. The maximum Gasteiger partial charge on any atom is 0.411 e. The number of halogens is 3. The Morgan fingerprint density at radius 2 is 1.67 bits per heavy atom. The van der Waals surface area contributed by atoms with Crippen molar-refractivity contribution in [3.05, 3.63) is 60.2 Å². The summed E-state index contributed by atoms with van der Waals surface area (Å²) >= 11 is 0. The first-order valence-electron chi connectivity index (χ1n) is 10.4. The molecule has 7 nitrogen and oxygen atoms in total. The smallest absolute Gasteiger partial charge is 0.411 e. The number of aryl methyl sites for hydroxylation is 1. The molecule has 0 aromatic heterocycles. The molecule has 0 spiro atoms. The second-order valence-corrected chi connectivity index (χ2v) is 7.19. The van der Waals surface area contributed by atoms with Gasteiger partial charge >= 0.3 is 18.2 Å². The number of carboxylic acids is 1. The van der Waals surface area contributed by atoms with Crippen LogP contribution < -0.4 is 10.1 Å². The van der Waals surface area contributed by atoms with Crippen LogP contribution in [0.5, 0.6) is 5.75 Å². The lowest BCUT2D eigenvalue weighted by atomic mass is 10.1. The molecule has 2 aromatic rings. The highest BCUT2D eigenvalue weighted by atomic mass is 19.4. The van der Waals surface area contributed by atoms with E-state index in [9.17, 15) is 22.8 Å². The summed E-state index contributed by atoms with van der Waals surface area (Å²) < 4.78 is 46.9. The number of alkyl halides is 3. The average Bonchev–Trinajstić information content (AvgIpc) is 2.77. The van der Waals surface area contributed by atoms with Crippen molar-refractivity contribution in [2.24, 2.45) is 0 Å². The molecule has 2 aromatic carbocycles. The van der Waals surface area contributed by atoms with E-state index in [2.05, 4.69) is 10.1 Å². The van der Waals surface area contributed by atoms with Crippen molar-refractivity contribution in [3.63, 3.8) is 0 Å². The van der Waals surface area contributed by atoms with Crippen molar-refractivity contribution in [1.29, 1.82) is 0 Å². The fourth-order valence-electron chi connectivity index (χ4n) is 2.86. The molecule has 0 saturated carbocycles. The minimum Gasteiger partial charge on any atom is -0.492 e. The second kappa shape index (κ2) is 13.3. The SMILES string of the molecule is O=C(O)CCc1ccc(OCCN(CCCOCC(F)(F)F)C(=O)Nc2ccccc2)cc1. The summed E-state index contributed by atoms with van der Waals surface area (Å²) in [6, 6.07) is 15.4. The van der Waals surface area contributed by atoms with Crippen molar-refractivity contribution in [3.8, 4) is 5.75 Å². The molecule has 33 heavy (non-hydrogen) atoms. The summed E-state index contributed by atoms with van der Waals surface area (Å²) in [4.78, 5) is 24.7. The van der Waals surface area contributed by atoms with Crippen LogP contribution in [0, 0.1) is 0 Å². The van der Waals surface area contributed by atoms with Crippen LogP contribution in [-0.4, -0.2) is 61.1 Å². The molecule has 0 aliphatic heterocycles. The first-order valence-corrected chi connectivity index (χ1v) is 10.4. The first-order chi connectivity index (χ1) is 15.7. The molecule has 2 rings (SSSR count). The third-order valence-corrected chi connectivity index (χ3v) is 4.48. The summed E-state index contributed by atoms with van der Waals surface area (Å²) in [5.74, 6) is -0.306. The molecule has 10 heteroatoms. The number of anilines is 1. The summed E-state index contributed by atoms with van der Waals surface area (Å²) in [5, 5.41) is 11.5. The molecule has 0 fully saturated rings. The normalized spacial score (nSPS) is 11.1. The van der Waals surface area contributed by atoms with E-state index in [1.807, 2.05) is 6.07 Å². The van der Waals surface area contributed by atoms with Crippen LogP contribution in [0.15, 0.2) is 54.6 Å². The Kier molecular flexibility index (Phi) is 10.5. The Hall–Kier alpha value is -3.27. The molecular weight excluding hydrogens is 441 g/mol. The van der Waals surface area contributed by atoms with Crippen LogP contribution in [0.25, 0.3) is 0 Å².